The molecule has 1 aromatic rings. The molecule has 2 heterocycles. The number of hydrogen-bond donors (Lipinski definition) is 1. The van der Waals surface area contributed by atoms with Gasteiger partial charge in [-0.2, -0.15) is 0 Å². The molecule has 1 aliphatic rings. The van der Waals surface area contributed by atoms with Crippen LogP contribution in [0, 0.1) is 0 Å². The Morgan fingerprint density at radius 3 is 3.19 bits per heavy atom. The van der Waals surface area contributed by atoms with Crippen molar-refractivity contribution >= 4 is 11.9 Å². The molecule has 1 saturated heterocycles. The van der Waals surface area contributed by atoms with Gasteiger partial charge in [0.05, 0.1) is 5.69 Å². The maximum Gasteiger partial charge on any atom is 0.222 e. The van der Waals surface area contributed by atoms with E-state index < -0.39 is 0 Å². The van der Waals surface area contributed by atoms with Crippen LogP contribution >= 0.6 is 0 Å². The second-order valence-electron chi connectivity index (χ2n) is 4.02. The summed E-state index contributed by atoms with van der Waals surface area (Å²) in [5.74, 6) is 0.822. The van der Waals surface area contributed by atoms with Gasteiger partial charge in [-0.05, 0) is 12.5 Å². The molecule has 2 N–H and O–H groups in total. The standard InChI is InChI=1S/C11H16N4O/c1-2-10(16)15-6-4-8(7-15)9-3-5-13-11(12)14-9/h3,5,8H,2,4,6-7H2,1H3,(H2,12,13,14). The van der Waals surface area contributed by atoms with Crippen LogP contribution in [0.25, 0.3) is 0 Å². The van der Waals surface area contributed by atoms with E-state index in [9.17, 15) is 4.79 Å². The quantitative estimate of drug-likeness (QED) is 0.799. The zero-order chi connectivity index (χ0) is 11.5. The molecular weight excluding hydrogens is 204 g/mol. The zero-order valence-electron chi connectivity index (χ0n) is 9.39. The van der Waals surface area contributed by atoms with E-state index in [0.29, 0.717) is 18.3 Å². The minimum atomic E-state index is 0.213. The Bertz CT molecular complexity index is 393. The lowest BCUT2D eigenvalue weighted by atomic mass is 10.1. The number of aromatic nitrogens is 2. The smallest absolute Gasteiger partial charge is 0.222 e. The van der Waals surface area contributed by atoms with Gasteiger partial charge in [0.25, 0.3) is 0 Å². The molecule has 1 aliphatic heterocycles. The summed E-state index contributed by atoms with van der Waals surface area (Å²) in [6, 6.07) is 1.88. The minimum Gasteiger partial charge on any atom is -0.368 e. The normalized spacial score (nSPS) is 20.1. The highest BCUT2D eigenvalue weighted by Crippen LogP contribution is 2.26. The fourth-order valence-corrected chi connectivity index (χ4v) is 2.07. The van der Waals surface area contributed by atoms with E-state index in [0.717, 1.165) is 25.2 Å². The van der Waals surface area contributed by atoms with Gasteiger partial charge in [-0.3, -0.25) is 4.79 Å². The number of amides is 1. The number of nitrogens with two attached hydrogens (primary N) is 1. The van der Waals surface area contributed by atoms with Crippen LogP contribution < -0.4 is 5.73 Å². The summed E-state index contributed by atoms with van der Waals surface area (Å²) in [5, 5.41) is 0. The summed E-state index contributed by atoms with van der Waals surface area (Å²) in [4.78, 5) is 21.5. The van der Waals surface area contributed by atoms with Crippen molar-refractivity contribution in [2.75, 3.05) is 18.8 Å². The Balaban J connectivity index is 2.06. The van der Waals surface area contributed by atoms with E-state index in [-0.39, 0.29) is 5.91 Å². The lowest BCUT2D eigenvalue weighted by Crippen LogP contribution is -2.27. The summed E-state index contributed by atoms with van der Waals surface area (Å²) >= 11 is 0. The Hall–Kier alpha value is -1.65. The van der Waals surface area contributed by atoms with Gasteiger partial charge in [-0.25, -0.2) is 9.97 Å². The summed E-state index contributed by atoms with van der Waals surface area (Å²) in [6.07, 6.45) is 3.20. The highest BCUT2D eigenvalue weighted by Gasteiger charge is 2.27. The van der Waals surface area contributed by atoms with E-state index in [4.69, 9.17) is 5.73 Å². The first-order valence-corrected chi connectivity index (χ1v) is 5.57. The van der Waals surface area contributed by atoms with Gasteiger partial charge in [-0.1, -0.05) is 6.92 Å². The highest BCUT2D eigenvalue weighted by molar-refractivity contribution is 5.76. The van der Waals surface area contributed by atoms with Gasteiger partial charge >= 0.3 is 0 Å². The molecule has 0 radical (unpaired) electrons. The Morgan fingerprint density at radius 2 is 2.50 bits per heavy atom. The third kappa shape index (κ3) is 2.13. The molecule has 5 nitrogen and oxygen atoms in total. The fourth-order valence-electron chi connectivity index (χ4n) is 2.07. The molecule has 1 atom stereocenters. The molecule has 0 bridgehead atoms. The SMILES string of the molecule is CCC(=O)N1CCC(c2ccnc(N)n2)C1. The lowest BCUT2D eigenvalue weighted by molar-refractivity contribution is -0.129. The first-order valence-electron chi connectivity index (χ1n) is 5.57. The van der Waals surface area contributed by atoms with Crippen LogP contribution in [0.4, 0.5) is 5.95 Å². The van der Waals surface area contributed by atoms with E-state index in [2.05, 4.69) is 9.97 Å². The maximum atomic E-state index is 11.5. The van der Waals surface area contributed by atoms with Crippen molar-refractivity contribution in [2.45, 2.75) is 25.7 Å². The summed E-state index contributed by atoms with van der Waals surface area (Å²) in [6.45, 7) is 3.46. The third-order valence-corrected chi connectivity index (χ3v) is 2.96. The number of likely N-dealkylation sites (tertiary alicyclic amines) is 1. The Labute approximate surface area is 94.7 Å². The van der Waals surface area contributed by atoms with Crippen LogP contribution in [0.3, 0.4) is 0 Å². The summed E-state index contributed by atoms with van der Waals surface area (Å²) < 4.78 is 0. The number of anilines is 1. The molecule has 2 rings (SSSR count). The van der Waals surface area contributed by atoms with Crippen molar-refractivity contribution in [3.8, 4) is 0 Å². The predicted octanol–water partition coefficient (Wildman–Crippen LogP) is 0.785. The van der Waals surface area contributed by atoms with Gasteiger partial charge < -0.3 is 10.6 Å². The second kappa shape index (κ2) is 4.47. The largest absolute Gasteiger partial charge is 0.368 e. The molecule has 0 spiro atoms. The molecule has 1 amide bonds. The average Bonchev–Trinajstić information content (AvgIpc) is 2.77. The predicted molar refractivity (Wildman–Crippen MR) is 60.7 cm³/mol. The van der Waals surface area contributed by atoms with Crippen molar-refractivity contribution in [3.63, 3.8) is 0 Å². The van der Waals surface area contributed by atoms with Gasteiger partial charge in [0.1, 0.15) is 0 Å². The van der Waals surface area contributed by atoms with Crippen LogP contribution in [-0.2, 0) is 4.79 Å². The van der Waals surface area contributed by atoms with Crippen molar-refractivity contribution in [3.05, 3.63) is 18.0 Å². The molecule has 0 aromatic carbocycles. The number of carbonyl (C=O) groups excluding carboxylic acids is 1. The van der Waals surface area contributed by atoms with E-state index in [1.54, 1.807) is 6.20 Å². The third-order valence-electron chi connectivity index (χ3n) is 2.96. The lowest BCUT2D eigenvalue weighted by Gasteiger charge is -2.15. The molecular formula is C11H16N4O. The number of hydrogen-bond acceptors (Lipinski definition) is 4. The molecule has 1 fully saturated rings. The molecule has 0 saturated carbocycles. The molecule has 1 unspecified atom stereocenters. The number of nitrogen functional groups attached to an aromatic ring is 1. The maximum absolute atomic E-state index is 11.5. The average molecular weight is 220 g/mol. The minimum absolute atomic E-state index is 0.213. The van der Waals surface area contributed by atoms with Crippen molar-refractivity contribution in [1.82, 2.24) is 14.9 Å². The van der Waals surface area contributed by atoms with Gasteiger partial charge in [0.15, 0.2) is 0 Å². The van der Waals surface area contributed by atoms with E-state index in [1.165, 1.54) is 0 Å². The number of nitrogens with zero attached hydrogens (tertiary/aromatic N) is 3. The Morgan fingerprint density at radius 1 is 1.69 bits per heavy atom. The monoisotopic (exact) mass is 220 g/mol. The van der Waals surface area contributed by atoms with Gasteiger partial charge in [0, 0.05) is 31.6 Å². The highest BCUT2D eigenvalue weighted by atomic mass is 16.2. The summed E-state index contributed by atoms with van der Waals surface area (Å²) in [7, 11) is 0. The number of rotatable bonds is 2. The van der Waals surface area contributed by atoms with Crippen LogP contribution in [0.15, 0.2) is 12.3 Å². The topological polar surface area (TPSA) is 72.1 Å². The molecule has 0 aliphatic carbocycles. The number of carbonyl (C=O) groups is 1. The van der Waals surface area contributed by atoms with E-state index in [1.807, 2.05) is 17.9 Å². The molecule has 5 heteroatoms. The molecule has 86 valence electrons. The fraction of sp³-hybridized carbons (Fsp3) is 0.545. The first-order chi connectivity index (χ1) is 7.70. The van der Waals surface area contributed by atoms with E-state index >= 15 is 0 Å². The Kier molecular flexibility index (Phi) is 3.03. The van der Waals surface area contributed by atoms with Crippen LogP contribution in [-0.4, -0.2) is 33.9 Å². The molecule has 16 heavy (non-hydrogen) atoms. The van der Waals surface area contributed by atoms with Crippen LogP contribution in [0.5, 0.6) is 0 Å². The summed E-state index contributed by atoms with van der Waals surface area (Å²) in [5.41, 5.74) is 6.49. The van der Waals surface area contributed by atoms with Crippen molar-refractivity contribution < 1.29 is 4.79 Å². The molecule has 1 aromatic heterocycles. The van der Waals surface area contributed by atoms with Crippen molar-refractivity contribution in [2.24, 2.45) is 0 Å². The van der Waals surface area contributed by atoms with Crippen LogP contribution in [0.1, 0.15) is 31.4 Å². The van der Waals surface area contributed by atoms with Gasteiger partial charge in [-0.15, -0.1) is 0 Å². The second-order valence-corrected chi connectivity index (χ2v) is 4.02. The van der Waals surface area contributed by atoms with Gasteiger partial charge in [0.2, 0.25) is 11.9 Å². The van der Waals surface area contributed by atoms with Crippen molar-refractivity contribution in [1.29, 1.82) is 0 Å². The van der Waals surface area contributed by atoms with Crippen LogP contribution in [0.2, 0.25) is 0 Å². The first kappa shape index (κ1) is 10.9. The zero-order valence-corrected chi connectivity index (χ0v) is 9.39.